The summed E-state index contributed by atoms with van der Waals surface area (Å²) in [5.74, 6) is -0.515. The van der Waals surface area contributed by atoms with Crippen molar-refractivity contribution in [3.8, 4) is 0 Å². The summed E-state index contributed by atoms with van der Waals surface area (Å²) in [6.07, 6.45) is 1.67. The molecule has 132 valence electrons. The van der Waals surface area contributed by atoms with Crippen LogP contribution in [0.1, 0.15) is 21.5 Å². The highest BCUT2D eigenvalue weighted by Crippen LogP contribution is 2.25. The molecule has 1 amide bonds. The molecule has 26 heavy (non-hydrogen) atoms. The van der Waals surface area contributed by atoms with Gasteiger partial charge in [-0.2, -0.15) is 0 Å². The van der Waals surface area contributed by atoms with Crippen LogP contribution in [0.15, 0.2) is 65.6 Å². The molecule has 0 fully saturated rings. The smallest absolute Gasteiger partial charge is 0.263 e. The number of aryl methyl sites for hydroxylation is 1. The number of pyridine rings is 1. The largest absolute Gasteiger partial charge is 0.320 e. The molecule has 0 aliphatic heterocycles. The molecular weight excluding hydrogens is 371 g/mol. The summed E-state index contributed by atoms with van der Waals surface area (Å²) < 4.78 is 1.51. The second-order valence-electron chi connectivity index (χ2n) is 5.86. The summed E-state index contributed by atoms with van der Waals surface area (Å²) in [5, 5.41) is 3.43. The summed E-state index contributed by atoms with van der Waals surface area (Å²) in [7, 11) is 0. The van der Waals surface area contributed by atoms with Crippen LogP contribution in [-0.2, 0) is 6.54 Å². The van der Waals surface area contributed by atoms with Crippen LogP contribution in [0.2, 0.25) is 10.0 Å². The van der Waals surface area contributed by atoms with Gasteiger partial charge in [-0.3, -0.25) is 9.59 Å². The van der Waals surface area contributed by atoms with Crippen molar-refractivity contribution in [2.24, 2.45) is 0 Å². The molecule has 0 saturated heterocycles. The first-order valence-electron chi connectivity index (χ1n) is 7.96. The van der Waals surface area contributed by atoms with Crippen molar-refractivity contribution in [2.45, 2.75) is 13.5 Å². The number of nitrogens with zero attached hydrogens (tertiary/aromatic N) is 1. The minimum atomic E-state index is -0.515. The van der Waals surface area contributed by atoms with E-state index >= 15 is 0 Å². The Balaban J connectivity index is 1.88. The van der Waals surface area contributed by atoms with E-state index in [1.54, 1.807) is 24.4 Å². The maximum absolute atomic E-state index is 12.7. The van der Waals surface area contributed by atoms with Gasteiger partial charge in [0.05, 0.1) is 17.3 Å². The van der Waals surface area contributed by atoms with E-state index in [0.717, 1.165) is 11.1 Å². The van der Waals surface area contributed by atoms with Crippen LogP contribution < -0.4 is 10.9 Å². The predicted octanol–water partition coefficient (Wildman–Crippen LogP) is 4.76. The number of carbonyl (C=O) groups is 1. The molecule has 0 spiro atoms. The van der Waals surface area contributed by atoms with E-state index in [9.17, 15) is 9.59 Å². The van der Waals surface area contributed by atoms with E-state index in [-0.39, 0.29) is 11.1 Å². The normalized spacial score (nSPS) is 10.6. The molecule has 1 aromatic heterocycles. The van der Waals surface area contributed by atoms with E-state index in [1.807, 2.05) is 31.2 Å². The SMILES string of the molecule is Cc1ccccc1Cn1cccc(C(=O)Nc2ccc(Cl)cc2Cl)c1=O. The van der Waals surface area contributed by atoms with E-state index < -0.39 is 5.91 Å². The third-order valence-electron chi connectivity index (χ3n) is 4.05. The van der Waals surface area contributed by atoms with Crippen LogP contribution in [0.4, 0.5) is 5.69 Å². The fourth-order valence-electron chi connectivity index (χ4n) is 2.59. The van der Waals surface area contributed by atoms with E-state index in [4.69, 9.17) is 23.2 Å². The third-order valence-corrected chi connectivity index (χ3v) is 4.59. The quantitative estimate of drug-likeness (QED) is 0.702. The standard InChI is InChI=1S/C20H16Cl2N2O2/c1-13-5-2-3-6-14(13)12-24-10-4-7-16(20(24)26)19(25)23-18-9-8-15(21)11-17(18)22/h2-11H,12H2,1H3,(H,23,25). The number of aromatic nitrogens is 1. The van der Waals surface area contributed by atoms with Gasteiger partial charge in [-0.25, -0.2) is 0 Å². The molecule has 1 heterocycles. The molecule has 2 aromatic carbocycles. The van der Waals surface area contributed by atoms with Gasteiger partial charge in [0.2, 0.25) is 0 Å². The molecule has 3 aromatic rings. The molecule has 0 bridgehead atoms. The molecule has 0 aliphatic rings. The highest BCUT2D eigenvalue weighted by Gasteiger charge is 2.14. The van der Waals surface area contributed by atoms with Crippen molar-refractivity contribution in [1.82, 2.24) is 4.57 Å². The van der Waals surface area contributed by atoms with Gasteiger partial charge in [0.1, 0.15) is 5.56 Å². The first-order valence-corrected chi connectivity index (χ1v) is 8.71. The Bertz CT molecular complexity index is 1030. The van der Waals surface area contributed by atoms with Crippen molar-refractivity contribution < 1.29 is 4.79 Å². The van der Waals surface area contributed by atoms with Gasteiger partial charge < -0.3 is 9.88 Å². The second-order valence-corrected chi connectivity index (χ2v) is 6.70. The monoisotopic (exact) mass is 386 g/mol. The molecule has 0 atom stereocenters. The molecule has 3 rings (SSSR count). The summed E-state index contributed by atoms with van der Waals surface area (Å²) in [4.78, 5) is 25.2. The minimum Gasteiger partial charge on any atom is -0.320 e. The van der Waals surface area contributed by atoms with Crippen molar-refractivity contribution in [1.29, 1.82) is 0 Å². The van der Waals surface area contributed by atoms with Gasteiger partial charge in [-0.05, 0) is 48.4 Å². The van der Waals surface area contributed by atoms with Crippen molar-refractivity contribution in [3.05, 3.63) is 97.9 Å². The first-order chi connectivity index (χ1) is 12.5. The summed E-state index contributed by atoms with van der Waals surface area (Å²) >= 11 is 11.9. The lowest BCUT2D eigenvalue weighted by Gasteiger charge is -2.11. The number of benzene rings is 2. The highest BCUT2D eigenvalue weighted by atomic mass is 35.5. The summed E-state index contributed by atoms with van der Waals surface area (Å²) in [5.41, 5.74) is 2.19. The lowest BCUT2D eigenvalue weighted by atomic mass is 10.1. The van der Waals surface area contributed by atoms with Crippen LogP contribution >= 0.6 is 23.2 Å². The molecule has 0 unspecified atom stereocenters. The second kappa shape index (κ2) is 7.77. The maximum Gasteiger partial charge on any atom is 0.263 e. The van der Waals surface area contributed by atoms with Crippen molar-refractivity contribution in [3.63, 3.8) is 0 Å². The number of anilines is 1. The molecule has 4 nitrogen and oxygen atoms in total. The van der Waals surface area contributed by atoms with Crippen LogP contribution in [0.5, 0.6) is 0 Å². The van der Waals surface area contributed by atoms with Gasteiger partial charge in [-0.15, -0.1) is 0 Å². The molecule has 0 saturated carbocycles. The van der Waals surface area contributed by atoms with Gasteiger partial charge in [0.25, 0.3) is 11.5 Å². The topological polar surface area (TPSA) is 51.1 Å². The number of amides is 1. The lowest BCUT2D eigenvalue weighted by molar-refractivity contribution is 0.102. The fraction of sp³-hybridized carbons (Fsp3) is 0.100. The van der Waals surface area contributed by atoms with Gasteiger partial charge in [0.15, 0.2) is 0 Å². The van der Waals surface area contributed by atoms with Crippen molar-refractivity contribution in [2.75, 3.05) is 5.32 Å². The average Bonchev–Trinajstić information content (AvgIpc) is 2.61. The molecule has 1 N–H and O–H groups in total. The van der Waals surface area contributed by atoms with Gasteiger partial charge in [0, 0.05) is 11.2 Å². The molecular formula is C20H16Cl2N2O2. The zero-order valence-corrected chi connectivity index (χ0v) is 15.5. The number of hydrogen-bond donors (Lipinski definition) is 1. The Morgan fingerprint density at radius 1 is 1.08 bits per heavy atom. The minimum absolute atomic E-state index is 0.0482. The van der Waals surface area contributed by atoms with E-state index in [0.29, 0.717) is 22.3 Å². The molecule has 6 heteroatoms. The Morgan fingerprint density at radius 3 is 2.58 bits per heavy atom. The molecule has 0 radical (unpaired) electrons. The predicted molar refractivity (Wildman–Crippen MR) is 105 cm³/mol. The van der Waals surface area contributed by atoms with Crippen LogP contribution in [0.3, 0.4) is 0 Å². The number of halogens is 2. The average molecular weight is 387 g/mol. The van der Waals surface area contributed by atoms with Gasteiger partial charge >= 0.3 is 0 Å². The summed E-state index contributed by atoms with van der Waals surface area (Å²) in [6.45, 7) is 2.38. The lowest BCUT2D eigenvalue weighted by Crippen LogP contribution is -2.29. The third kappa shape index (κ3) is 3.98. The Morgan fingerprint density at radius 2 is 1.85 bits per heavy atom. The van der Waals surface area contributed by atoms with Crippen LogP contribution in [-0.4, -0.2) is 10.5 Å². The van der Waals surface area contributed by atoms with Gasteiger partial charge in [-0.1, -0.05) is 47.5 Å². The maximum atomic E-state index is 12.7. The summed E-state index contributed by atoms with van der Waals surface area (Å²) in [6, 6.07) is 15.7. The Hall–Kier alpha value is -2.56. The number of carbonyl (C=O) groups excluding carboxylic acids is 1. The van der Waals surface area contributed by atoms with E-state index in [2.05, 4.69) is 5.32 Å². The number of rotatable bonds is 4. The molecule has 0 aliphatic carbocycles. The number of hydrogen-bond acceptors (Lipinski definition) is 2. The fourth-order valence-corrected chi connectivity index (χ4v) is 3.04. The Kier molecular flexibility index (Phi) is 5.45. The first kappa shape index (κ1) is 18.2. The Labute approximate surface area is 161 Å². The van der Waals surface area contributed by atoms with Crippen LogP contribution in [0, 0.1) is 6.92 Å². The van der Waals surface area contributed by atoms with Crippen LogP contribution in [0.25, 0.3) is 0 Å². The zero-order valence-electron chi connectivity index (χ0n) is 14.0. The van der Waals surface area contributed by atoms with E-state index in [1.165, 1.54) is 16.7 Å². The van der Waals surface area contributed by atoms with Crippen molar-refractivity contribution >= 4 is 34.8 Å². The number of nitrogens with one attached hydrogen (secondary N) is 1. The zero-order chi connectivity index (χ0) is 18.7. The highest BCUT2D eigenvalue weighted by molar-refractivity contribution is 6.36.